The molecule has 0 spiro atoms. The molecule has 1 aromatic carbocycles. The Morgan fingerprint density at radius 3 is 2.65 bits per heavy atom. The summed E-state index contributed by atoms with van der Waals surface area (Å²) in [7, 11) is 0. The molecule has 1 N–H and O–H groups in total. The molecule has 0 radical (unpaired) electrons. The number of hydrogen-bond donors (Lipinski definition) is 1. The first-order valence-electron chi connectivity index (χ1n) is 5.02. The van der Waals surface area contributed by atoms with Gasteiger partial charge < -0.3 is 0 Å². The number of rotatable bonds is 1. The molecule has 2 aromatic rings. The summed E-state index contributed by atoms with van der Waals surface area (Å²) in [6.07, 6.45) is 0. The van der Waals surface area contributed by atoms with Gasteiger partial charge in [0.2, 0.25) is 0 Å². The molecule has 3 nitrogen and oxygen atoms in total. The molecule has 0 amide bonds. The molecule has 0 saturated carbocycles. The van der Waals surface area contributed by atoms with Crippen molar-refractivity contribution in [3.63, 3.8) is 0 Å². The molecule has 0 saturated heterocycles. The summed E-state index contributed by atoms with van der Waals surface area (Å²) in [5.41, 5.74) is 2.25. The summed E-state index contributed by atoms with van der Waals surface area (Å²) in [5, 5.41) is 6.62. The van der Waals surface area contributed by atoms with E-state index in [1.807, 2.05) is 0 Å². The van der Waals surface area contributed by atoms with Gasteiger partial charge in [-0.25, -0.2) is 9.49 Å². The lowest BCUT2D eigenvalue weighted by Crippen LogP contribution is -2.14. The third kappa shape index (κ3) is 2.08. The Balaban J connectivity index is 2.69. The lowest BCUT2D eigenvalue weighted by Gasteiger charge is -2.08. The summed E-state index contributed by atoms with van der Waals surface area (Å²) in [6.45, 7) is 3.49. The normalized spacial score (nSPS) is 10.6. The standard InChI is InChI=1S/C12H10ClFN2O/c1-6-7(2)12(17)16-15-11(6)9-4-3-8(14)5-10(9)13/h3-5H,1-2H3,(H,16,17). The average molecular weight is 253 g/mol. The topological polar surface area (TPSA) is 45.8 Å². The van der Waals surface area contributed by atoms with Gasteiger partial charge in [-0.15, -0.1) is 0 Å². The highest BCUT2D eigenvalue weighted by molar-refractivity contribution is 6.33. The number of aromatic nitrogens is 2. The predicted molar refractivity (Wildman–Crippen MR) is 64.7 cm³/mol. The predicted octanol–water partition coefficient (Wildman–Crippen LogP) is 2.85. The summed E-state index contributed by atoms with van der Waals surface area (Å²) in [6, 6.07) is 4.08. The van der Waals surface area contributed by atoms with Crippen molar-refractivity contribution in [3.05, 3.63) is 50.5 Å². The maximum atomic E-state index is 12.9. The molecule has 0 aliphatic rings. The van der Waals surface area contributed by atoms with E-state index in [0.29, 0.717) is 16.8 Å². The maximum Gasteiger partial charge on any atom is 0.267 e. The van der Waals surface area contributed by atoms with Crippen molar-refractivity contribution in [2.45, 2.75) is 13.8 Å². The molecular formula is C12H10ClFN2O. The Morgan fingerprint density at radius 1 is 1.29 bits per heavy atom. The molecule has 0 aliphatic heterocycles. The van der Waals surface area contributed by atoms with Crippen LogP contribution in [-0.2, 0) is 0 Å². The van der Waals surface area contributed by atoms with Crippen LogP contribution in [-0.4, -0.2) is 10.2 Å². The van der Waals surface area contributed by atoms with Gasteiger partial charge in [0.25, 0.3) is 5.56 Å². The number of nitrogens with zero attached hydrogens (tertiary/aromatic N) is 1. The molecule has 0 bridgehead atoms. The van der Waals surface area contributed by atoms with Crippen molar-refractivity contribution in [2.24, 2.45) is 0 Å². The van der Waals surface area contributed by atoms with E-state index in [1.54, 1.807) is 19.9 Å². The molecule has 1 heterocycles. The molecule has 0 fully saturated rings. The monoisotopic (exact) mass is 252 g/mol. The van der Waals surface area contributed by atoms with Crippen molar-refractivity contribution in [1.82, 2.24) is 10.2 Å². The largest absolute Gasteiger partial charge is 0.268 e. The average Bonchev–Trinajstić information content (AvgIpc) is 2.28. The molecule has 0 unspecified atom stereocenters. The van der Waals surface area contributed by atoms with Gasteiger partial charge in [0, 0.05) is 11.1 Å². The van der Waals surface area contributed by atoms with Crippen LogP contribution in [0.1, 0.15) is 11.1 Å². The number of benzene rings is 1. The lowest BCUT2D eigenvalue weighted by molar-refractivity contribution is 0.628. The fourth-order valence-electron chi connectivity index (χ4n) is 1.57. The number of nitrogens with one attached hydrogen (secondary N) is 1. The van der Waals surface area contributed by atoms with Crippen LogP contribution in [0.2, 0.25) is 5.02 Å². The minimum atomic E-state index is -0.405. The smallest absolute Gasteiger partial charge is 0.267 e. The Hall–Kier alpha value is -1.68. The highest BCUT2D eigenvalue weighted by Gasteiger charge is 2.12. The maximum absolute atomic E-state index is 12.9. The van der Waals surface area contributed by atoms with Crippen LogP contribution in [0.5, 0.6) is 0 Å². The van der Waals surface area contributed by atoms with Crippen LogP contribution in [0.15, 0.2) is 23.0 Å². The molecule has 0 aliphatic carbocycles. The van der Waals surface area contributed by atoms with E-state index in [2.05, 4.69) is 10.2 Å². The lowest BCUT2D eigenvalue weighted by atomic mass is 10.0. The fraction of sp³-hybridized carbons (Fsp3) is 0.167. The van der Waals surface area contributed by atoms with E-state index in [-0.39, 0.29) is 10.6 Å². The summed E-state index contributed by atoms with van der Waals surface area (Å²) < 4.78 is 12.9. The molecule has 5 heteroatoms. The summed E-state index contributed by atoms with van der Waals surface area (Å²) in [5.74, 6) is -0.405. The third-order valence-electron chi connectivity index (χ3n) is 2.71. The summed E-state index contributed by atoms with van der Waals surface area (Å²) >= 11 is 5.96. The minimum absolute atomic E-state index is 0.232. The third-order valence-corrected chi connectivity index (χ3v) is 3.03. The van der Waals surface area contributed by atoms with E-state index >= 15 is 0 Å². The summed E-state index contributed by atoms with van der Waals surface area (Å²) in [4.78, 5) is 11.4. The van der Waals surface area contributed by atoms with Crippen molar-refractivity contribution in [1.29, 1.82) is 0 Å². The van der Waals surface area contributed by atoms with Gasteiger partial charge in [-0.2, -0.15) is 5.10 Å². The zero-order valence-corrected chi connectivity index (χ0v) is 10.1. The second-order valence-electron chi connectivity index (χ2n) is 3.78. The molecule has 1 aromatic heterocycles. The molecule has 17 heavy (non-hydrogen) atoms. The van der Waals surface area contributed by atoms with Crippen LogP contribution in [0.4, 0.5) is 4.39 Å². The van der Waals surface area contributed by atoms with Gasteiger partial charge in [0.05, 0.1) is 10.7 Å². The van der Waals surface area contributed by atoms with Crippen LogP contribution in [0.25, 0.3) is 11.3 Å². The Labute approximate surface area is 102 Å². The number of halogens is 2. The van der Waals surface area contributed by atoms with Gasteiger partial charge in [-0.1, -0.05) is 11.6 Å². The first-order valence-corrected chi connectivity index (χ1v) is 5.40. The van der Waals surface area contributed by atoms with Crippen molar-refractivity contribution in [2.75, 3.05) is 0 Å². The van der Waals surface area contributed by atoms with E-state index in [4.69, 9.17) is 11.6 Å². The van der Waals surface area contributed by atoms with Crippen LogP contribution in [0.3, 0.4) is 0 Å². The quantitative estimate of drug-likeness (QED) is 0.848. The molecule has 2 rings (SSSR count). The SMILES string of the molecule is Cc1c(-c2ccc(F)cc2Cl)n[nH]c(=O)c1C. The van der Waals surface area contributed by atoms with Crippen molar-refractivity contribution < 1.29 is 4.39 Å². The van der Waals surface area contributed by atoms with Crippen molar-refractivity contribution >= 4 is 11.6 Å². The van der Waals surface area contributed by atoms with Gasteiger partial charge in [-0.05, 0) is 37.6 Å². The minimum Gasteiger partial charge on any atom is -0.268 e. The van der Waals surface area contributed by atoms with Crippen molar-refractivity contribution in [3.8, 4) is 11.3 Å². The number of H-pyrrole nitrogens is 1. The zero-order valence-electron chi connectivity index (χ0n) is 9.34. The van der Waals surface area contributed by atoms with E-state index < -0.39 is 5.82 Å². The Morgan fingerprint density at radius 2 is 2.00 bits per heavy atom. The Bertz CT molecular complexity index is 637. The molecular weight excluding hydrogens is 243 g/mol. The van der Waals surface area contributed by atoms with Gasteiger partial charge in [0.1, 0.15) is 5.82 Å². The molecule has 88 valence electrons. The highest BCUT2D eigenvalue weighted by atomic mass is 35.5. The van der Waals surface area contributed by atoms with E-state index in [0.717, 1.165) is 5.56 Å². The second-order valence-corrected chi connectivity index (χ2v) is 4.18. The van der Waals surface area contributed by atoms with E-state index in [1.165, 1.54) is 12.1 Å². The van der Waals surface area contributed by atoms with Gasteiger partial charge in [-0.3, -0.25) is 4.79 Å². The second kappa shape index (κ2) is 4.30. The molecule has 0 atom stereocenters. The van der Waals surface area contributed by atoms with Crippen LogP contribution >= 0.6 is 11.6 Å². The van der Waals surface area contributed by atoms with E-state index in [9.17, 15) is 9.18 Å². The Kier molecular flexibility index (Phi) is 2.98. The number of hydrogen-bond acceptors (Lipinski definition) is 2. The van der Waals surface area contributed by atoms with Crippen LogP contribution < -0.4 is 5.56 Å². The zero-order chi connectivity index (χ0) is 12.6. The van der Waals surface area contributed by atoms with Crippen LogP contribution in [0, 0.1) is 19.7 Å². The highest BCUT2D eigenvalue weighted by Crippen LogP contribution is 2.29. The first-order chi connectivity index (χ1) is 8.00. The first kappa shape index (κ1) is 11.8. The van der Waals surface area contributed by atoms with Gasteiger partial charge >= 0.3 is 0 Å². The fourth-order valence-corrected chi connectivity index (χ4v) is 1.82. The number of aromatic amines is 1. The van der Waals surface area contributed by atoms with Gasteiger partial charge in [0.15, 0.2) is 0 Å².